The standard InChI is InChI=1S/C34H45ClO4SSi/c1-34(2,3)41(4,5)39-31-21-29(37-24-27-17-11-7-12-18-27)32(25-36-23-26-15-9-6-10-16-26)38-30(31)22-33(35)40-28-19-13-8-14-20-28/h6-20,29-33H,21-25H2,1-5H3/t29-,30-,31+,32+,33?/m0/s1. The molecule has 1 heterocycles. The van der Waals surface area contributed by atoms with E-state index in [0.717, 1.165) is 22.4 Å². The summed E-state index contributed by atoms with van der Waals surface area (Å²) < 4.78 is 26.5. The van der Waals surface area contributed by atoms with E-state index in [-0.39, 0.29) is 34.2 Å². The summed E-state index contributed by atoms with van der Waals surface area (Å²) >= 11 is 8.63. The van der Waals surface area contributed by atoms with Crippen LogP contribution in [0.25, 0.3) is 0 Å². The molecule has 3 aromatic carbocycles. The lowest BCUT2D eigenvalue weighted by atomic mass is 9.96. The zero-order valence-electron chi connectivity index (χ0n) is 25.0. The fraction of sp³-hybridized carbons (Fsp3) is 0.471. The second-order valence-electron chi connectivity index (χ2n) is 12.3. The van der Waals surface area contributed by atoms with Gasteiger partial charge in [-0.25, -0.2) is 0 Å². The summed E-state index contributed by atoms with van der Waals surface area (Å²) in [6.07, 6.45) is 0.749. The van der Waals surface area contributed by atoms with Crippen LogP contribution >= 0.6 is 23.4 Å². The molecule has 1 fully saturated rings. The van der Waals surface area contributed by atoms with Gasteiger partial charge in [0, 0.05) is 17.7 Å². The number of hydrogen-bond donors (Lipinski definition) is 0. The van der Waals surface area contributed by atoms with Crippen molar-refractivity contribution in [2.24, 2.45) is 0 Å². The first-order valence-corrected chi connectivity index (χ1v) is 18.8. The van der Waals surface area contributed by atoms with Crippen molar-refractivity contribution in [3.05, 3.63) is 102 Å². The zero-order valence-corrected chi connectivity index (χ0v) is 27.6. The molecule has 0 spiro atoms. The van der Waals surface area contributed by atoms with Gasteiger partial charge in [-0.15, -0.1) is 23.4 Å². The molecule has 3 aromatic rings. The average molecular weight is 613 g/mol. The van der Waals surface area contributed by atoms with E-state index in [0.29, 0.717) is 26.2 Å². The van der Waals surface area contributed by atoms with Gasteiger partial charge >= 0.3 is 0 Å². The van der Waals surface area contributed by atoms with Crippen molar-refractivity contribution in [1.82, 2.24) is 0 Å². The van der Waals surface area contributed by atoms with Gasteiger partial charge in [0.1, 0.15) is 6.10 Å². The molecule has 0 radical (unpaired) electrons. The summed E-state index contributed by atoms with van der Waals surface area (Å²) in [7, 11) is -2.08. The average Bonchev–Trinajstić information content (AvgIpc) is 2.94. The molecule has 1 saturated heterocycles. The van der Waals surface area contributed by atoms with Crippen molar-refractivity contribution in [1.29, 1.82) is 0 Å². The molecule has 1 aliphatic rings. The maximum absolute atomic E-state index is 7.04. The van der Waals surface area contributed by atoms with Crippen LogP contribution < -0.4 is 0 Å². The highest BCUT2D eigenvalue weighted by Gasteiger charge is 2.46. The summed E-state index contributed by atoms with van der Waals surface area (Å²) in [5.74, 6) is 0. The van der Waals surface area contributed by atoms with Crippen molar-refractivity contribution >= 4 is 31.7 Å². The molecular weight excluding hydrogens is 568 g/mol. The highest BCUT2D eigenvalue weighted by atomic mass is 35.5. The molecule has 0 aliphatic carbocycles. The topological polar surface area (TPSA) is 36.9 Å². The Balaban J connectivity index is 1.52. The predicted molar refractivity (Wildman–Crippen MR) is 173 cm³/mol. The maximum Gasteiger partial charge on any atom is 0.192 e. The quantitative estimate of drug-likeness (QED) is 0.109. The molecule has 5 atom stereocenters. The minimum absolute atomic E-state index is 0.0761. The molecule has 41 heavy (non-hydrogen) atoms. The summed E-state index contributed by atoms with van der Waals surface area (Å²) in [6.45, 7) is 12.9. The number of thioether (sulfide) groups is 1. The van der Waals surface area contributed by atoms with Crippen LogP contribution in [0.4, 0.5) is 0 Å². The Kier molecular flexibility index (Phi) is 12.0. The minimum Gasteiger partial charge on any atom is -0.411 e. The largest absolute Gasteiger partial charge is 0.411 e. The number of hydrogen-bond acceptors (Lipinski definition) is 5. The minimum atomic E-state index is -2.08. The van der Waals surface area contributed by atoms with Crippen molar-refractivity contribution in [3.63, 3.8) is 0 Å². The van der Waals surface area contributed by atoms with Crippen molar-refractivity contribution in [3.8, 4) is 0 Å². The van der Waals surface area contributed by atoms with Crippen molar-refractivity contribution in [2.75, 3.05) is 6.61 Å². The summed E-state index contributed by atoms with van der Waals surface area (Å²) in [5.41, 5.74) is 2.28. The Hall–Kier alpha value is -1.64. The number of alkyl halides is 1. The van der Waals surface area contributed by atoms with Crippen LogP contribution in [0.15, 0.2) is 95.9 Å². The van der Waals surface area contributed by atoms with Crippen LogP contribution in [-0.4, -0.2) is 44.0 Å². The SMILES string of the molecule is CC(C)(C)[Si](C)(C)O[C@@H]1C[C@H](OCc2ccccc2)[C@@H](COCc2ccccc2)O[C@H]1CC(Cl)Sc1ccccc1. The summed E-state index contributed by atoms with van der Waals surface area (Å²) in [5, 5.41) is 0.0761. The predicted octanol–water partition coefficient (Wildman–Crippen LogP) is 9.08. The molecule has 222 valence electrons. The van der Waals surface area contributed by atoms with Crippen LogP contribution in [0, 0.1) is 0 Å². The second-order valence-corrected chi connectivity index (χ2v) is 19.1. The molecule has 0 bridgehead atoms. The smallest absolute Gasteiger partial charge is 0.192 e. The van der Waals surface area contributed by atoms with E-state index in [4.69, 9.17) is 30.2 Å². The number of halogens is 1. The Morgan fingerprint density at radius 1 is 0.829 bits per heavy atom. The first-order chi connectivity index (χ1) is 19.6. The van der Waals surface area contributed by atoms with Crippen LogP contribution in [0.3, 0.4) is 0 Å². The van der Waals surface area contributed by atoms with Crippen LogP contribution in [0.5, 0.6) is 0 Å². The molecule has 7 heteroatoms. The summed E-state index contributed by atoms with van der Waals surface area (Å²) in [4.78, 5) is 1.15. The summed E-state index contributed by atoms with van der Waals surface area (Å²) in [6, 6.07) is 30.8. The third-order valence-corrected chi connectivity index (χ3v) is 14.0. The third kappa shape index (κ3) is 9.96. The lowest BCUT2D eigenvalue weighted by Gasteiger charge is -2.47. The van der Waals surface area contributed by atoms with Crippen LogP contribution in [0.2, 0.25) is 18.1 Å². The molecule has 1 aliphatic heterocycles. The lowest BCUT2D eigenvalue weighted by molar-refractivity contribution is -0.199. The highest BCUT2D eigenvalue weighted by Crippen LogP contribution is 2.41. The van der Waals surface area contributed by atoms with Gasteiger partial charge in [0.2, 0.25) is 0 Å². The molecule has 0 aromatic heterocycles. The van der Waals surface area contributed by atoms with E-state index in [1.807, 2.05) is 54.6 Å². The van der Waals surface area contributed by atoms with Gasteiger partial charge in [-0.1, -0.05) is 99.6 Å². The van der Waals surface area contributed by atoms with E-state index >= 15 is 0 Å². The fourth-order valence-electron chi connectivity index (χ4n) is 4.66. The van der Waals surface area contributed by atoms with Crippen LogP contribution in [0.1, 0.15) is 44.7 Å². The van der Waals surface area contributed by atoms with Crippen molar-refractivity contribution < 1.29 is 18.6 Å². The molecule has 4 rings (SSSR count). The zero-order chi connectivity index (χ0) is 29.3. The molecule has 0 N–H and O–H groups in total. The van der Waals surface area contributed by atoms with Crippen LogP contribution in [-0.2, 0) is 31.9 Å². The third-order valence-electron chi connectivity index (χ3n) is 8.02. The Bertz CT molecular complexity index is 1160. The fourth-order valence-corrected chi connectivity index (χ4v) is 7.40. The molecule has 4 nitrogen and oxygen atoms in total. The van der Waals surface area contributed by atoms with E-state index in [2.05, 4.69) is 70.3 Å². The Labute approximate surface area is 257 Å². The van der Waals surface area contributed by atoms with Gasteiger partial charge in [-0.3, -0.25) is 0 Å². The highest BCUT2D eigenvalue weighted by molar-refractivity contribution is 8.01. The van der Waals surface area contributed by atoms with Gasteiger partial charge in [-0.05, 0) is 41.4 Å². The molecule has 1 unspecified atom stereocenters. The molecular formula is C34H45ClO4SSi. The van der Waals surface area contributed by atoms with E-state index < -0.39 is 8.32 Å². The van der Waals surface area contributed by atoms with Gasteiger partial charge in [0.15, 0.2) is 8.32 Å². The first kappa shape index (κ1) is 32.3. The monoisotopic (exact) mass is 612 g/mol. The van der Waals surface area contributed by atoms with E-state index in [1.165, 1.54) is 0 Å². The van der Waals surface area contributed by atoms with E-state index in [9.17, 15) is 0 Å². The first-order valence-electron chi connectivity index (χ1n) is 14.6. The number of ether oxygens (including phenoxy) is 3. The Morgan fingerprint density at radius 2 is 1.39 bits per heavy atom. The lowest BCUT2D eigenvalue weighted by Crippen LogP contribution is -2.55. The van der Waals surface area contributed by atoms with Gasteiger partial charge < -0.3 is 18.6 Å². The number of rotatable bonds is 13. The number of benzene rings is 3. The van der Waals surface area contributed by atoms with Gasteiger partial charge in [0.05, 0.1) is 42.8 Å². The normalized spacial score (nSPS) is 22.4. The van der Waals surface area contributed by atoms with Gasteiger partial charge in [-0.2, -0.15) is 0 Å². The Morgan fingerprint density at radius 3 is 1.98 bits per heavy atom. The molecule has 0 amide bonds. The van der Waals surface area contributed by atoms with Gasteiger partial charge in [0.25, 0.3) is 0 Å². The second kappa shape index (κ2) is 15.2. The molecule has 0 saturated carbocycles. The van der Waals surface area contributed by atoms with Crippen molar-refractivity contribution in [2.45, 2.75) is 99.0 Å². The maximum atomic E-state index is 7.04. The van der Waals surface area contributed by atoms with E-state index in [1.54, 1.807) is 11.8 Å².